The minimum Gasteiger partial charge on any atom is -0.447 e. The number of aliphatic hydroxyl groups excluding tert-OH is 2. The molecule has 1 atom stereocenters. The molecule has 5 heteroatoms. The summed E-state index contributed by atoms with van der Waals surface area (Å²) >= 11 is 0. The summed E-state index contributed by atoms with van der Waals surface area (Å²) in [6.45, 7) is 0.819. The molecule has 0 radical (unpaired) electrons. The molecule has 1 heterocycles. The molecule has 0 aromatic carbocycles. The molecule has 76 valence electrons. The zero-order valence-corrected chi connectivity index (χ0v) is 7.48. The Labute approximate surface area is 76.9 Å². The van der Waals surface area contributed by atoms with Gasteiger partial charge in [0.1, 0.15) is 6.61 Å². The lowest BCUT2D eigenvalue weighted by Gasteiger charge is -2.29. The number of carbonyl (C=O) groups excluding carboxylic acids is 1. The van der Waals surface area contributed by atoms with E-state index in [0.717, 1.165) is 12.8 Å². The molecule has 0 spiro atoms. The highest BCUT2D eigenvalue weighted by Gasteiger charge is 2.22. The van der Waals surface area contributed by atoms with Gasteiger partial charge in [-0.1, -0.05) is 0 Å². The van der Waals surface area contributed by atoms with Gasteiger partial charge < -0.3 is 19.8 Å². The monoisotopic (exact) mass is 189 g/mol. The van der Waals surface area contributed by atoms with Crippen molar-refractivity contribution < 1.29 is 19.7 Å². The van der Waals surface area contributed by atoms with Crippen molar-refractivity contribution in [3.05, 3.63) is 0 Å². The van der Waals surface area contributed by atoms with E-state index in [2.05, 4.69) is 0 Å². The molecule has 1 fully saturated rings. The fourth-order valence-corrected chi connectivity index (χ4v) is 1.34. The quantitative estimate of drug-likeness (QED) is 0.618. The van der Waals surface area contributed by atoms with Crippen LogP contribution in [0.1, 0.15) is 12.8 Å². The molecule has 0 aliphatic carbocycles. The lowest BCUT2D eigenvalue weighted by Crippen LogP contribution is -2.42. The van der Waals surface area contributed by atoms with Crippen molar-refractivity contribution >= 4 is 6.09 Å². The molecule has 0 bridgehead atoms. The molecule has 0 unspecified atom stereocenters. The van der Waals surface area contributed by atoms with Crippen LogP contribution in [0.3, 0.4) is 0 Å². The van der Waals surface area contributed by atoms with Crippen molar-refractivity contribution in [3.63, 3.8) is 0 Å². The fourth-order valence-electron chi connectivity index (χ4n) is 1.34. The van der Waals surface area contributed by atoms with Crippen molar-refractivity contribution in [2.75, 3.05) is 26.3 Å². The van der Waals surface area contributed by atoms with Gasteiger partial charge in [0.2, 0.25) is 0 Å². The Morgan fingerprint density at radius 3 is 3.00 bits per heavy atom. The Balaban J connectivity index is 2.28. The van der Waals surface area contributed by atoms with Gasteiger partial charge in [0, 0.05) is 13.1 Å². The third-order valence-corrected chi connectivity index (χ3v) is 1.97. The van der Waals surface area contributed by atoms with E-state index < -0.39 is 12.2 Å². The first-order valence-corrected chi connectivity index (χ1v) is 4.44. The third kappa shape index (κ3) is 3.20. The van der Waals surface area contributed by atoms with Crippen molar-refractivity contribution in [3.8, 4) is 0 Å². The second-order valence-corrected chi connectivity index (χ2v) is 3.08. The van der Waals surface area contributed by atoms with Crippen LogP contribution in [-0.2, 0) is 4.74 Å². The van der Waals surface area contributed by atoms with Crippen LogP contribution in [0.15, 0.2) is 0 Å². The topological polar surface area (TPSA) is 70.0 Å². The van der Waals surface area contributed by atoms with Gasteiger partial charge in [0.15, 0.2) is 0 Å². The summed E-state index contributed by atoms with van der Waals surface area (Å²) in [6.07, 6.45) is 0.655. The van der Waals surface area contributed by atoms with E-state index in [9.17, 15) is 9.90 Å². The summed E-state index contributed by atoms with van der Waals surface area (Å²) in [5, 5.41) is 17.7. The van der Waals surface area contributed by atoms with Gasteiger partial charge in [-0.05, 0) is 12.8 Å². The maximum absolute atomic E-state index is 11.2. The Morgan fingerprint density at radius 2 is 2.38 bits per heavy atom. The largest absolute Gasteiger partial charge is 0.447 e. The zero-order chi connectivity index (χ0) is 9.68. The normalized spacial score (nSPS) is 22.9. The van der Waals surface area contributed by atoms with Gasteiger partial charge in [-0.25, -0.2) is 4.79 Å². The molecule has 5 nitrogen and oxygen atoms in total. The van der Waals surface area contributed by atoms with Crippen LogP contribution < -0.4 is 0 Å². The smallest absolute Gasteiger partial charge is 0.409 e. The first-order valence-electron chi connectivity index (χ1n) is 4.44. The number of aliphatic hydroxyl groups is 2. The van der Waals surface area contributed by atoms with Crippen LogP contribution >= 0.6 is 0 Å². The van der Waals surface area contributed by atoms with Crippen LogP contribution in [0.25, 0.3) is 0 Å². The Kier molecular flexibility index (Phi) is 3.98. The standard InChI is InChI=1S/C8H15NO4/c10-4-5-13-8(12)9-3-1-2-7(11)6-9/h7,10-11H,1-6H2/t7-/m0/s1. The van der Waals surface area contributed by atoms with Gasteiger partial charge in [-0.2, -0.15) is 0 Å². The molecule has 1 saturated heterocycles. The van der Waals surface area contributed by atoms with Gasteiger partial charge in [0.25, 0.3) is 0 Å². The highest BCUT2D eigenvalue weighted by Crippen LogP contribution is 2.10. The summed E-state index contributed by atoms with van der Waals surface area (Å²) in [5.74, 6) is 0. The van der Waals surface area contributed by atoms with Crippen LogP contribution in [0.4, 0.5) is 4.79 Å². The maximum Gasteiger partial charge on any atom is 0.409 e. The second-order valence-electron chi connectivity index (χ2n) is 3.08. The van der Waals surface area contributed by atoms with Gasteiger partial charge in [-0.15, -0.1) is 0 Å². The van der Waals surface area contributed by atoms with Crippen molar-refractivity contribution in [1.29, 1.82) is 0 Å². The molecule has 0 aromatic rings. The van der Waals surface area contributed by atoms with Gasteiger partial charge >= 0.3 is 6.09 Å². The molecule has 1 aliphatic rings. The van der Waals surface area contributed by atoms with Crippen molar-refractivity contribution in [2.45, 2.75) is 18.9 Å². The number of piperidine rings is 1. The van der Waals surface area contributed by atoms with E-state index >= 15 is 0 Å². The number of likely N-dealkylation sites (tertiary alicyclic amines) is 1. The van der Waals surface area contributed by atoms with Gasteiger partial charge in [0.05, 0.1) is 12.7 Å². The molecule has 0 aromatic heterocycles. The number of β-amino-alcohol motifs (C(OH)–C–C–N with tert-alkyl or cyclic N) is 1. The van der Waals surface area contributed by atoms with Gasteiger partial charge in [-0.3, -0.25) is 0 Å². The van der Waals surface area contributed by atoms with E-state index in [4.69, 9.17) is 9.84 Å². The van der Waals surface area contributed by atoms with Crippen LogP contribution in [0, 0.1) is 0 Å². The first kappa shape index (κ1) is 10.3. The highest BCUT2D eigenvalue weighted by molar-refractivity contribution is 5.67. The molecule has 1 aliphatic heterocycles. The zero-order valence-electron chi connectivity index (χ0n) is 7.48. The molecule has 1 amide bonds. The molecule has 1 rings (SSSR count). The number of ether oxygens (including phenoxy) is 1. The lowest BCUT2D eigenvalue weighted by atomic mass is 10.1. The highest BCUT2D eigenvalue weighted by atomic mass is 16.6. The number of carbonyl (C=O) groups is 1. The average molecular weight is 189 g/mol. The molecule has 2 N–H and O–H groups in total. The number of amides is 1. The lowest BCUT2D eigenvalue weighted by molar-refractivity contribution is 0.0424. The predicted molar refractivity (Wildman–Crippen MR) is 45.2 cm³/mol. The molecule has 13 heavy (non-hydrogen) atoms. The van der Waals surface area contributed by atoms with E-state index in [0.29, 0.717) is 13.1 Å². The number of hydrogen-bond acceptors (Lipinski definition) is 4. The van der Waals surface area contributed by atoms with E-state index in [-0.39, 0.29) is 13.2 Å². The second kappa shape index (κ2) is 5.04. The number of rotatable bonds is 2. The molecular weight excluding hydrogens is 174 g/mol. The van der Waals surface area contributed by atoms with E-state index in [1.807, 2.05) is 0 Å². The van der Waals surface area contributed by atoms with E-state index in [1.165, 1.54) is 4.90 Å². The van der Waals surface area contributed by atoms with Crippen LogP contribution in [0.5, 0.6) is 0 Å². The molecular formula is C8H15NO4. The summed E-state index contributed by atoms with van der Waals surface area (Å²) < 4.78 is 4.70. The minimum absolute atomic E-state index is 0.0193. The third-order valence-electron chi connectivity index (χ3n) is 1.97. The Bertz CT molecular complexity index is 174. The van der Waals surface area contributed by atoms with E-state index in [1.54, 1.807) is 0 Å². The maximum atomic E-state index is 11.2. The van der Waals surface area contributed by atoms with Crippen molar-refractivity contribution in [2.24, 2.45) is 0 Å². The first-order chi connectivity index (χ1) is 6.24. The minimum atomic E-state index is -0.451. The van der Waals surface area contributed by atoms with Crippen LogP contribution in [0.2, 0.25) is 0 Å². The summed E-state index contributed by atoms with van der Waals surface area (Å²) in [7, 11) is 0. The number of nitrogens with zero attached hydrogens (tertiary/aromatic N) is 1. The predicted octanol–water partition coefficient (Wildman–Crippen LogP) is -0.428. The fraction of sp³-hybridized carbons (Fsp3) is 0.875. The van der Waals surface area contributed by atoms with Crippen molar-refractivity contribution in [1.82, 2.24) is 4.90 Å². The van der Waals surface area contributed by atoms with Crippen LogP contribution in [-0.4, -0.2) is 53.6 Å². The summed E-state index contributed by atoms with van der Waals surface area (Å²) in [6, 6.07) is 0. The Hall–Kier alpha value is -0.810. The average Bonchev–Trinajstić information content (AvgIpc) is 2.14. The summed E-state index contributed by atoms with van der Waals surface area (Å²) in [4.78, 5) is 12.6. The number of hydrogen-bond donors (Lipinski definition) is 2. The molecule has 0 saturated carbocycles. The Morgan fingerprint density at radius 1 is 1.62 bits per heavy atom. The SMILES string of the molecule is O=C(OCCO)N1CCC[C@H](O)C1. The summed E-state index contributed by atoms with van der Waals surface area (Å²) in [5.41, 5.74) is 0.